The number of imide groups is 1. The summed E-state index contributed by atoms with van der Waals surface area (Å²) in [4.78, 5) is 49.8. The molecule has 1 aliphatic heterocycles. The minimum absolute atomic E-state index is 0.104. The Labute approximate surface area is 239 Å². The zero-order valence-corrected chi connectivity index (χ0v) is 25.0. The third-order valence-corrected chi connectivity index (χ3v) is 5.61. The Bertz CT molecular complexity index is 652. The van der Waals surface area contributed by atoms with E-state index in [0.29, 0.717) is 56.4 Å². The second-order valence-corrected chi connectivity index (χ2v) is 9.19. The van der Waals surface area contributed by atoms with E-state index in [1.807, 2.05) is 6.92 Å². The van der Waals surface area contributed by atoms with Crippen molar-refractivity contribution in [2.24, 2.45) is 5.73 Å². The Kier molecular flexibility index (Phi) is 28.6. The van der Waals surface area contributed by atoms with Gasteiger partial charge in [-0.05, 0) is 45.8 Å². The largest absolute Gasteiger partial charge is 0.389 e. The van der Waals surface area contributed by atoms with Gasteiger partial charge in [-0.25, -0.2) is 4.79 Å². The van der Waals surface area contributed by atoms with Crippen molar-refractivity contribution in [2.75, 3.05) is 60.7 Å². The zero-order chi connectivity index (χ0) is 30.6. The number of carbonyl (C=O) groups excluding carboxylic acids is 4. The minimum atomic E-state index is -0.563. The molecule has 1 rings (SSSR count). The van der Waals surface area contributed by atoms with Gasteiger partial charge in [-0.1, -0.05) is 19.8 Å². The van der Waals surface area contributed by atoms with Gasteiger partial charge in [-0.2, -0.15) is 0 Å². The van der Waals surface area contributed by atoms with Gasteiger partial charge in [0.1, 0.15) is 5.78 Å². The van der Waals surface area contributed by atoms with Crippen molar-refractivity contribution in [1.82, 2.24) is 15.7 Å². The van der Waals surface area contributed by atoms with E-state index in [-0.39, 0.29) is 19.3 Å². The van der Waals surface area contributed by atoms with E-state index in [9.17, 15) is 29.4 Å². The van der Waals surface area contributed by atoms with Crippen LogP contribution in [0.25, 0.3) is 0 Å². The standard InChI is InChI=1S/C14H24N2O6.C12H25NO3.CH5N/c1-21-10-11(17)9-15-8-4-2-3-5-14(20)22-16-12(18)6-7-13(16)19;1-3-11(14)7-5-4-6-8-13-9-12(15)10-16-2;1-2/h11,15,17H,2-10H2,1H3;12-13,15H,3-10H2,1-2H3;2H2,1H3. The lowest BCUT2D eigenvalue weighted by Crippen LogP contribution is -2.32. The molecule has 0 aromatic heterocycles. The van der Waals surface area contributed by atoms with Crippen LogP contribution in [0, 0.1) is 0 Å². The van der Waals surface area contributed by atoms with Crippen LogP contribution in [0.15, 0.2) is 0 Å². The first kappa shape index (κ1) is 40.1. The number of ketones is 1. The molecule has 13 heteroatoms. The highest BCUT2D eigenvalue weighted by Crippen LogP contribution is 2.13. The summed E-state index contributed by atoms with van der Waals surface area (Å²) in [6.07, 6.45) is 6.19. The average molecular weight is 579 g/mol. The molecule has 0 aromatic rings. The number of hydroxylamine groups is 2. The number of Topliss-reactive ketones (excluding diaryl/α,β-unsaturated/α-hetero) is 1. The van der Waals surface area contributed by atoms with E-state index in [4.69, 9.17) is 14.3 Å². The van der Waals surface area contributed by atoms with Crippen molar-refractivity contribution in [3.8, 4) is 0 Å². The maximum Gasteiger partial charge on any atom is 0.333 e. The quantitative estimate of drug-likeness (QED) is 0.0882. The molecule has 0 radical (unpaired) electrons. The molecule has 0 aromatic carbocycles. The molecule has 1 heterocycles. The lowest BCUT2D eigenvalue weighted by molar-refractivity contribution is -0.197. The number of rotatable bonds is 22. The molecular formula is C27H54N4O9. The van der Waals surface area contributed by atoms with E-state index >= 15 is 0 Å². The maximum absolute atomic E-state index is 11.5. The Balaban J connectivity index is 0. The van der Waals surface area contributed by atoms with E-state index in [1.54, 1.807) is 7.11 Å². The number of amides is 2. The number of nitrogens with zero attached hydrogens (tertiary/aromatic N) is 1. The van der Waals surface area contributed by atoms with Crippen LogP contribution in [0.2, 0.25) is 0 Å². The molecule has 0 aliphatic carbocycles. The molecule has 1 aliphatic rings. The number of aliphatic hydroxyl groups is 2. The Morgan fingerprint density at radius 2 is 1.27 bits per heavy atom. The van der Waals surface area contributed by atoms with Gasteiger partial charge in [0.15, 0.2) is 0 Å². The highest BCUT2D eigenvalue weighted by atomic mass is 16.7. The first-order valence-corrected chi connectivity index (χ1v) is 14.2. The summed E-state index contributed by atoms with van der Waals surface area (Å²) in [5.74, 6) is -1.13. The summed E-state index contributed by atoms with van der Waals surface area (Å²) in [5, 5.41) is 25.5. The fourth-order valence-electron chi connectivity index (χ4n) is 3.47. The van der Waals surface area contributed by atoms with Crippen LogP contribution in [-0.4, -0.2) is 112 Å². The molecule has 1 saturated heterocycles. The zero-order valence-electron chi connectivity index (χ0n) is 25.0. The van der Waals surface area contributed by atoms with E-state index in [2.05, 4.69) is 16.4 Å². The molecule has 0 saturated carbocycles. The topological polar surface area (TPSA) is 190 Å². The SMILES string of the molecule is CCC(=O)CCCCCNCC(O)COC.CN.COCC(O)CNCCCCCC(=O)ON1C(=O)CCC1=O. The van der Waals surface area contributed by atoms with Crippen LogP contribution in [0.3, 0.4) is 0 Å². The normalized spacial score (nSPS) is 14.1. The van der Waals surface area contributed by atoms with Crippen LogP contribution in [0.1, 0.15) is 77.6 Å². The number of unbranched alkanes of at least 4 members (excludes halogenated alkanes) is 4. The summed E-state index contributed by atoms with van der Waals surface area (Å²) in [6, 6.07) is 0. The number of methoxy groups -OCH3 is 2. The molecule has 40 heavy (non-hydrogen) atoms. The predicted molar refractivity (Wildman–Crippen MR) is 151 cm³/mol. The number of ether oxygens (including phenoxy) is 2. The Hall–Kier alpha value is -2.00. The molecule has 0 bridgehead atoms. The van der Waals surface area contributed by atoms with Crippen molar-refractivity contribution in [1.29, 1.82) is 0 Å². The van der Waals surface area contributed by atoms with Crippen LogP contribution in [0.4, 0.5) is 0 Å². The molecule has 2 unspecified atom stereocenters. The lowest BCUT2D eigenvalue weighted by atomic mass is 10.1. The van der Waals surface area contributed by atoms with Crippen molar-refractivity contribution in [3.05, 3.63) is 0 Å². The lowest BCUT2D eigenvalue weighted by Gasteiger charge is -2.12. The summed E-state index contributed by atoms with van der Waals surface area (Å²) >= 11 is 0. The minimum Gasteiger partial charge on any atom is -0.389 e. The molecule has 6 N–H and O–H groups in total. The fraction of sp³-hybridized carbons (Fsp3) is 0.852. The Morgan fingerprint density at radius 1 is 0.825 bits per heavy atom. The molecule has 0 spiro atoms. The van der Waals surface area contributed by atoms with Crippen molar-refractivity contribution in [2.45, 2.75) is 89.8 Å². The summed E-state index contributed by atoms with van der Waals surface area (Å²) in [6.45, 7) is 5.24. The molecule has 2 atom stereocenters. The highest BCUT2D eigenvalue weighted by Gasteiger charge is 2.32. The summed E-state index contributed by atoms with van der Waals surface area (Å²) in [5.41, 5.74) is 4.50. The molecule has 236 valence electrons. The van der Waals surface area contributed by atoms with Crippen LogP contribution < -0.4 is 16.4 Å². The van der Waals surface area contributed by atoms with Crippen molar-refractivity contribution < 1.29 is 43.7 Å². The number of nitrogens with one attached hydrogen (secondary N) is 2. The van der Waals surface area contributed by atoms with Gasteiger partial charge in [0, 0.05) is 59.4 Å². The van der Waals surface area contributed by atoms with Crippen LogP contribution >= 0.6 is 0 Å². The molecule has 1 fully saturated rings. The second kappa shape index (κ2) is 28.5. The summed E-state index contributed by atoms with van der Waals surface area (Å²) in [7, 11) is 4.61. The van der Waals surface area contributed by atoms with Crippen LogP contribution in [0.5, 0.6) is 0 Å². The van der Waals surface area contributed by atoms with Gasteiger partial charge in [0.25, 0.3) is 11.8 Å². The van der Waals surface area contributed by atoms with Crippen LogP contribution in [-0.2, 0) is 33.5 Å². The van der Waals surface area contributed by atoms with Gasteiger partial charge in [-0.3, -0.25) is 14.4 Å². The smallest absolute Gasteiger partial charge is 0.333 e. The van der Waals surface area contributed by atoms with Gasteiger partial charge in [-0.15, -0.1) is 5.06 Å². The van der Waals surface area contributed by atoms with Crippen molar-refractivity contribution >= 4 is 23.6 Å². The maximum atomic E-state index is 11.5. The first-order chi connectivity index (χ1) is 19.2. The third kappa shape index (κ3) is 23.9. The Morgan fingerprint density at radius 3 is 1.70 bits per heavy atom. The number of hydrogen-bond donors (Lipinski definition) is 5. The number of aliphatic hydroxyl groups excluding tert-OH is 2. The van der Waals surface area contributed by atoms with E-state index in [0.717, 1.165) is 45.2 Å². The number of nitrogens with two attached hydrogens (primary N) is 1. The number of hydrogen-bond acceptors (Lipinski definition) is 12. The molecular weight excluding hydrogens is 524 g/mol. The van der Waals surface area contributed by atoms with Crippen molar-refractivity contribution in [3.63, 3.8) is 0 Å². The second-order valence-electron chi connectivity index (χ2n) is 9.19. The predicted octanol–water partition coefficient (Wildman–Crippen LogP) is 0.449. The van der Waals surface area contributed by atoms with Gasteiger partial charge in [0.05, 0.1) is 25.4 Å². The number of carbonyl (C=O) groups is 4. The molecule has 2 amide bonds. The van der Waals surface area contributed by atoms with Gasteiger partial charge < -0.3 is 40.9 Å². The van der Waals surface area contributed by atoms with E-state index in [1.165, 1.54) is 14.2 Å². The van der Waals surface area contributed by atoms with E-state index < -0.39 is 30.0 Å². The monoisotopic (exact) mass is 578 g/mol. The third-order valence-electron chi connectivity index (χ3n) is 5.61. The average Bonchev–Trinajstić information content (AvgIpc) is 3.25. The van der Waals surface area contributed by atoms with Gasteiger partial charge >= 0.3 is 5.97 Å². The first-order valence-electron chi connectivity index (χ1n) is 14.2. The summed E-state index contributed by atoms with van der Waals surface area (Å²) < 4.78 is 9.61. The highest BCUT2D eigenvalue weighted by molar-refractivity contribution is 6.01. The fourth-order valence-corrected chi connectivity index (χ4v) is 3.47. The molecule has 13 nitrogen and oxygen atoms in total. The van der Waals surface area contributed by atoms with Gasteiger partial charge in [0.2, 0.25) is 0 Å².